The van der Waals surface area contributed by atoms with Gasteiger partial charge in [-0.3, -0.25) is 4.90 Å². The van der Waals surface area contributed by atoms with Gasteiger partial charge in [0, 0.05) is 39.4 Å². The van der Waals surface area contributed by atoms with E-state index in [2.05, 4.69) is 31.0 Å². The van der Waals surface area contributed by atoms with Gasteiger partial charge in [-0.2, -0.15) is 0 Å². The SMILES string of the molecule is CCC(C)C(CN(CCOC)C(C)COC)NC. The summed E-state index contributed by atoms with van der Waals surface area (Å²) in [6.45, 7) is 10.3. The third kappa shape index (κ3) is 6.69. The van der Waals surface area contributed by atoms with Crippen LogP contribution >= 0.6 is 0 Å². The van der Waals surface area contributed by atoms with Crippen molar-refractivity contribution in [2.24, 2.45) is 5.92 Å². The highest BCUT2D eigenvalue weighted by molar-refractivity contribution is 4.78. The van der Waals surface area contributed by atoms with Crippen LogP contribution in [0.4, 0.5) is 0 Å². The van der Waals surface area contributed by atoms with Crippen LogP contribution in [-0.4, -0.2) is 64.6 Å². The summed E-state index contributed by atoms with van der Waals surface area (Å²) in [5.74, 6) is 0.676. The Morgan fingerprint density at radius 3 is 2.28 bits per heavy atom. The van der Waals surface area contributed by atoms with Crippen LogP contribution in [0.25, 0.3) is 0 Å². The summed E-state index contributed by atoms with van der Waals surface area (Å²) in [6, 6.07) is 0.941. The van der Waals surface area contributed by atoms with E-state index < -0.39 is 0 Å². The number of nitrogens with one attached hydrogen (secondary N) is 1. The van der Waals surface area contributed by atoms with Crippen LogP contribution in [0.1, 0.15) is 27.2 Å². The van der Waals surface area contributed by atoms with Gasteiger partial charge in [-0.15, -0.1) is 0 Å². The molecule has 0 aliphatic carbocycles. The minimum absolute atomic E-state index is 0.421. The highest BCUT2D eigenvalue weighted by atomic mass is 16.5. The Balaban J connectivity index is 4.43. The van der Waals surface area contributed by atoms with Gasteiger partial charge >= 0.3 is 0 Å². The number of methoxy groups -OCH3 is 2. The third-order valence-corrected chi connectivity index (χ3v) is 3.75. The lowest BCUT2D eigenvalue weighted by Gasteiger charge is -2.34. The first kappa shape index (κ1) is 17.8. The maximum Gasteiger partial charge on any atom is 0.0615 e. The molecule has 1 N–H and O–H groups in total. The first-order chi connectivity index (χ1) is 8.60. The summed E-state index contributed by atoms with van der Waals surface area (Å²) < 4.78 is 10.5. The fourth-order valence-electron chi connectivity index (χ4n) is 2.14. The molecule has 0 aromatic carbocycles. The van der Waals surface area contributed by atoms with Crippen molar-refractivity contribution in [1.82, 2.24) is 10.2 Å². The van der Waals surface area contributed by atoms with E-state index in [0.717, 1.165) is 26.3 Å². The average Bonchev–Trinajstić information content (AvgIpc) is 2.38. The van der Waals surface area contributed by atoms with Gasteiger partial charge in [0.05, 0.1) is 13.2 Å². The normalized spacial score (nSPS) is 16.8. The molecular formula is C14H32N2O2. The molecule has 4 nitrogen and oxygen atoms in total. The van der Waals surface area contributed by atoms with Crippen molar-refractivity contribution in [2.75, 3.05) is 47.6 Å². The molecule has 0 radical (unpaired) electrons. The third-order valence-electron chi connectivity index (χ3n) is 3.75. The Hall–Kier alpha value is -0.160. The van der Waals surface area contributed by atoms with Crippen molar-refractivity contribution in [1.29, 1.82) is 0 Å². The van der Waals surface area contributed by atoms with Crippen LogP contribution < -0.4 is 5.32 Å². The summed E-state index contributed by atoms with van der Waals surface area (Å²) in [7, 11) is 5.56. The van der Waals surface area contributed by atoms with Gasteiger partial charge in [0.1, 0.15) is 0 Å². The van der Waals surface area contributed by atoms with Crippen LogP contribution in [0.2, 0.25) is 0 Å². The Morgan fingerprint density at radius 2 is 1.83 bits per heavy atom. The molecule has 3 unspecified atom stereocenters. The minimum Gasteiger partial charge on any atom is -0.383 e. The van der Waals surface area contributed by atoms with Crippen molar-refractivity contribution in [2.45, 2.75) is 39.3 Å². The Morgan fingerprint density at radius 1 is 1.17 bits per heavy atom. The highest BCUT2D eigenvalue weighted by Crippen LogP contribution is 2.11. The fraction of sp³-hybridized carbons (Fsp3) is 1.00. The number of hydrogen-bond donors (Lipinski definition) is 1. The van der Waals surface area contributed by atoms with Gasteiger partial charge in [0.25, 0.3) is 0 Å². The molecule has 0 amide bonds. The second-order valence-corrected chi connectivity index (χ2v) is 5.07. The molecule has 110 valence electrons. The monoisotopic (exact) mass is 260 g/mol. The molecule has 0 saturated heterocycles. The standard InChI is InChI=1S/C14H32N2O2/c1-7-12(2)14(15-4)10-16(8-9-17-5)13(3)11-18-6/h12-15H,7-11H2,1-6H3. The predicted octanol–water partition coefficient (Wildman–Crippen LogP) is 1.60. The van der Waals surface area contributed by atoms with Crippen LogP contribution in [-0.2, 0) is 9.47 Å². The fourth-order valence-corrected chi connectivity index (χ4v) is 2.14. The van der Waals surface area contributed by atoms with Crippen molar-refractivity contribution in [3.05, 3.63) is 0 Å². The van der Waals surface area contributed by atoms with Gasteiger partial charge in [-0.1, -0.05) is 20.3 Å². The van der Waals surface area contributed by atoms with Gasteiger partial charge in [-0.25, -0.2) is 0 Å². The molecule has 4 heteroatoms. The van der Waals surface area contributed by atoms with E-state index in [1.54, 1.807) is 14.2 Å². The summed E-state index contributed by atoms with van der Waals surface area (Å²) >= 11 is 0. The largest absolute Gasteiger partial charge is 0.383 e. The van der Waals surface area contributed by atoms with Crippen molar-refractivity contribution in [3.63, 3.8) is 0 Å². The number of likely N-dealkylation sites (N-methyl/N-ethyl adjacent to an activating group) is 1. The quantitative estimate of drug-likeness (QED) is 0.612. The van der Waals surface area contributed by atoms with E-state index in [1.165, 1.54) is 6.42 Å². The molecule has 0 heterocycles. The zero-order valence-electron chi connectivity index (χ0n) is 13.0. The van der Waals surface area contributed by atoms with Gasteiger partial charge in [0.15, 0.2) is 0 Å². The van der Waals surface area contributed by atoms with Crippen molar-refractivity contribution >= 4 is 0 Å². The molecule has 0 bridgehead atoms. The molecule has 0 aliphatic heterocycles. The van der Waals surface area contributed by atoms with Crippen LogP contribution in [0.15, 0.2) is 0 Å². The highest BCUT2D eigenvalue weighted by Gasteiger charge is 2.21. The Bertz CT molecular complexity index is 191. The van der Waals surface area contributed by atoms with Gasteiger partial charge in [-0.05, 0) is 19.9 Å². The lowest BCUT2D eigenvalue weighted by atomic mass is 9.98. The molecule has 18 heavy (non-hydrogen) atoms. The first-order valence-corrected chi connectivity index (χ1v) is 6.99. The molecule has 0 aromatic rings. The van der Waals surface area contributed by atoms with E-state index in [-0.39, 0.29) is 0 Å². The van der Waals surface area contributed by atoms with Crippen molar-refractivity contribution in [3.8, 4) is 0 Å². The Labute approximate surface area is 113 Å². The van der Waals surface area contributed by atoms with Gasteiger partial charge in [0.2, 0.25) is 0 Å². The number of rotatable bonds is 11. The smallest absolute Gasteiger partial charge is 0.0615 e. The molecule has 0 aromatic heterocycles. The summed E-state index contributed by atoms with van der Waals surface area (Å²) in [6.07, 6.45) is 1.20. The van der Waals surface area contributed by atoms with E-state index in [4.69, 9.17) is 9.47 Å². The van der Waals surface area contributed by atoms with Crippen LogP contribution in [0.3, 0.4) is 0 Å². The summed E-state index contributed by atoms with van der Waals surface area (Å²) in [5.41, 5.74) is 0. The van der Waals surface area contributed by atoms with E-state index >= 15 is 0 Å². The predicted molar refractivity (Wildman–Crippen MR) is 77.1 cm³/mol. The molecule has 3 atom stereocenters. The second-order valence-electron chi connectivity index (χ2n) is 5.07. The maximum absolute atomic E-state index is 5.26. The second kappa shape index (κ2) is 10.7. The summed E-state index contributed by atoms with van der Waals surface area (Å²) in [5, 5.41) is 3.43. The molecular weight excluding hydrogens is 228 g/mol. The zero-order valence-corrected chi connectivity index (χ0v) is 13.0. The first-order valence-electron chi connectivity index (χ1n) is 6.99. The van der Waals surface area contributed by atoms with Crippen molar-refractivity contribution < 1.29 is 9.47 Å². The van der Waals surface area contributed by atoms with E-state index in [9.17, 15) is 0 Å². The summed E-state index contributed by atoms with van der Waals surface area (Å²) in [4.78, 5) is 2.44. The zero-order chi connectivity index (χ0) is 14.0. The lowest BCUT2D eigenvalue weighted by molar-refractivity contribution is 0.0646. The topological polar surface area (TPSA) is 33.7 Å². The van der Waals surface area contributed by atoms with Gasteiger partial charge < -0.3 is 14.8 Å². The van der Waals surface area contributed by atoms with Crippen LogP contribution in [0.5, 0.6) is 0 Å². The van der Waals surface area contributed by atoms with E-state index in [0.29, 0.717) is 18.0 Å². The van der Waals surface area contributed by atoms with E-state index in [1.807, 2.05) is 7.05 Å². The Kier molecular flexibility index (Phi) is 10.6. The average molecular weight is 260 g/mol. The molecule has 0 spiro atoms. The lowest BCUT2D eigenvalue weighted by Crippen LogP contribution is -2.48. The number of hydrogen-bond acceptors (Lipinski definition) is 4. The minimum atomic E-state index is 0.421. The maximum atomic E-state index is 5.26. The molecule has 0 rings (SSSR count). The van der Waals surface area contributed by atoms with Crippen LogP contribution in [0, 0.1) is 5.92 Å². The number of ether oxygens (including phenoxy) is 2. The molecule has 0 aliphatic rings. The number of nitrogens with zero attached hydrogens (tertiary/aromatic N) is 1. The molecule has 0 saturated carbocycles. The molecule has 0 fully saturated rings.